The number of anilines is 1. The third-order valence-corrected chi connectivity index (χ3v) is 8.02. The number of rotatable bonds is 10. The minimum absolute atomic E-state index is 0.103. The lowest BCUT2D eigenvalue weighted by molar-refractivity contribution is -0.119. The van der Waals surface area contributed by atoms with Gasteiger partial charge in [0, 0.05) is 41.6 Å². The van der Waals surface area contributed by atoms with Crippen LogP contribution in [-0.2, 0) is 11.3 Å². The van der Waals surface area contributed by atoms with Gasteiger partial charge in [-0.3, -0.25) is 14.6 Å². The van der Waals surface area contributed by atoms with Crippen molar-refractivity contribution in [3.8, 4) is 0 Å². The second kappa shape index (κ2) is 13.2. The number of carbonyl (C=O) groups excluding carboxylic acids is 1. The average Bonchev–Trinajstić information content (AvgIpc) is 2.95. The first kappa shape index (κ1) is 29.3. The lowest BCUT2D eigenvalue weighted by Crippen LogP contribution is -2.47. The molecule has 4 aromatic rings. The van der Waals surface area contributed by atoms with Gasteiger partial charge in [-0.25, -0.2) is 9.97 Å². The van der Waals surface area contributed by atoms with Crippen molar-refractivity contribution in [3.05, 3.63) is 99.8 Å². The Labute approximate surface area is 251 Å². The van der Waals surface area contributed by atoms with Crippen LogP contribution in [0.4, 0.5) is 5.82 Å². The molecule has 0 radical (unpaired) electrons. The Bertz CT molecular complexity index is 1420. The Hall–Kier alpha value is -3.23. The number of benzene rings is 3. The maximum absolute atomic E-state index is 12.2. The van der Waals surface area contributed by atoms with Crippen LogP contribution in [0.25, 0.3) is 10.9 Å². The van der Waals surface area contributed by atoms with Crippen molar-refractivity contribution >= 4 is 45.8 Å². The van der Waals surface area contributed by atoms with Crippen molar-refractivity contribution in [1.82, 2.24) is 19.8 Å². The van der Waals surface area contributed by atoms with Gasteiger partial charge in [-0.15, -0.1) is 0 Å². The molecule has 5 rings (SSSR count). The van der Waals surface area contributed by atoms with Crippen molar-refractivity contribution in [2.75, 3.05) is 31.5 Å². The van der Waals surface area contributed by atoms with E-state index in [-0.39, 0.29) is 11.9 Å². The number of aromatic nitrogens is 2. The predicted molar refractivity (Wildman–Crippen MR) is 167 cm³/mol. The third kappa shape index (κ3) is 7.35. The molecule has 7 nitrogen and oxygen atoms in total. The summed E-state index contributed by atoms with van der Waals surface area (Å²) >= 11 is 12.4. The minimum atomic E-state index is -0.498. The fraction of sp³-hybridized carbons (Fsp3) is 0.344. The van der Waals surface area contributed by atoms with Gasteiger partial charge < -0.3 is 11.1 Å². The number of fused-ring (bicyclic) bond motifs is 1. The summed E-state index contributed by atoms with van der Waals surface area (Å²) in [5.74, 6) is 1.31. The number of hydrogen-bond donors (Lipinski definition) is 2. The number of carbonyl (C=O) groups is 1. The summed E-state index contributed by atoms with van der Waals surface area (Å²) in [5.41, 5.74) is 8.97. The van der Waals surface area contributed by atoms with Gasteiger partial charge in [0.25, 0.3) is 0 Å². The van der Waals surface area contributed by atoms with Gasteiger partial charge >= 0.3 is 0 Å². The first-order valence-corrected chi connectivity index (χ1v) is 14.8. The quantitative estimate of drug-likeness (QED) is 0.230. The van der Waals surface area contributed by atoms with E-state index in [2.05, 4.69) is 53.2 Å². The van der Waals surface area contributed by atoms with Crippen LogP contribution in [0.15, 0.2) is 72.8 Å². The van der Waals surface area contributed by atoms with E-state index in [1.807, 2.05) is 48.5 Å². The Kier molecular flexibility index (Phi) is 9.40. The Morgan fingerprint density at radius 3 is 2.02 bits per heavy atom. The van der Waals surface area contributed by atoms with Crippen LogP contribution in [0, 0.1) is 5.92 Å². The molecular weight excluding hydrogens is 555 g/mol. The molecule has 1 aliphatic heterocycles. The molecule has 1 fully saturated rings. The lowest BCUT2D eigenvalue weighted by atomic mass is 9.96. The fourth-order valence-corrected chi connectivity index (χ4v) is 5.72. The normalized spacial score (nSPS) is 15.5. The van der Waals surface area contributed by atoms with Gasteiger partial charge in [0.2, 0.25) is 5.91 Å². The molecule has 214 valence electrons. The largest absolute Gasteiger partial charge is 0.368 e. The van der Waals surface area contributed by atoms with Crippen LogP contribution in [0.5, 0.6) is 0 Å². The zero-order valence-corrected chi connectivity index (χ0v) is 24.9. The maximum atomic E-state index is 12.2. The van der Waals surface area contributed by atoms with E-state index in [4.69, 9.17) is 38.9 Å². The molecule has 1 saturated heterocycles. The molecule has 1 aliphatic rings. The molecule has 0 aliphatic carbocycles. The number of hydrogen-bond acceptors (Lipinski definition) is 6. The first-order valence-electron chi connectivity index (χ1n) is 14.1. The number of nitrogens with zero attached hydrogens (tertiary/aromatic N) is 4. The van der Waals surface area contributed by atoms with E-state index in [1.165, 1.54) is 11.1 Å². The maximum Gasteiger partial charge on any atom is 0.239 e. The summed E-state index contributed by atoms with van der Waals surface area (Å²) < 4.78 is 0. The molecular formula is C32H36Cl2N6O. The SMILES string of the molecule is CC(C)C[C@H](Nc1nc(CN2CCN(C(c3ccc(Cl)cc3)c3ccc(Cl)cc3)CC2)nc2ccccc12)C(N)=O. The molecule has 0 unspecified atom stereocenters. The van der Waals surface area contributed by atoms with E-state index in [0.29, 0.717) is 24.7 Å². The van der Waals surface area contributed by atoms with Crippen molar-refractivity contribution in [2.45, 2.75) is 38.9 Å². The second-order valence-corrected chi connectivity index (χ2v) is 11.9. The molecule has 0 bridgehead atoms. The summed E-state index contributed by atoms with van der Waals surface area (Å²) in [5, 5.41) is 5.66. The van der Waals surface area contributed by atoms with Gasteiger partial charge in [0.15, 0.2) is 0 Å². The molecule has 2 heterocycles. The van der Waals surface area contributed by atoms with Crippen LogP contribution in [0.3, 0.4) is 0 Å². The molecule has 0 spiro atoms. The number of nitrogens with two attached hydrogens (primary N) is 1. The number of halogens is 2. The molecule has 9 heteroatoms. The third-order valence-electron chi connectivity index (χ3n) is 7.52. The molecule has 3 aromatic carbocycles. The summed E-state index contributed by atoms with van der Waals surface area (Å²) in [6, 6.07) is 23.7. The second-order valence-electron chi connectivity index (χ2n) is 11.1. The smallest absolute Gasteiger partial charge is 0.239 e. The molecule has 1 amide bonds. The van der Waals surface area contributed by atoms with E-state index in [1.54, 1.807) is 0 Å². The van der Waals surface area contributed by atoms with Gasteiger partial charge in [-0.1, -0.05) is 73.4 Å². The van der Waals surface area contributed by atoms with Crippen molar-refractivity contribution in [3.63, 3.8) is 0 Å². The first-order chi connectivity index (χ1) is 19.8. The predicted octanol–water partition coefficient (Wildman–Crippen LogP) is 6.16. The standard InChI is InChI=1S/C32H36Cl2N6O/c1-21(2)19-28(31(35)41)37-32-26-5-3-4-6-27(26)36-29(38-32)20-39-15-17-40(18-16-39)30(22-7-11-24(33)12-8-22)23-9-13-25(34)14-10-23/h3-14,21,28,30H,15-20H2,1-2H3,(H2,35,41)(H,36,37,38)/t28-/m0/s1. The van der Waals surface area contributed by atoms with Crippen molar-refractivity contribution < 1.29 is 4.79 Å². The Morgan fingerprint density at radius 1 is 0.878 bits per heavy atom. The van der Waals surface area contributed by atoms with Crippen LogP contribution in [0.1, 0.15) is 43.3 Å². The highest BCUT2D eigenvalue weighted by Crippen LogP contribution is 2.31. The van der Waals surface area contributed by atoms with E-state index >= 15 is 0 Å². The summed E-state index contributed by atoms with van der Waals surface area (Å²) in [4.78, 5) is 26.8. The van der Waals surface area contributed by atoms with E-state index in [9.17, 15) is 4.79 Å². The van der Waals surface area contributed by atoms with E-state index < -0.39 is 6.04 Å². The molecule has 0 saturated carbocycles. The number of amides is 1. The molecule has 41 heavy (non-hydrogen) atoms. The number of piperazine rings is 1. The van der Waals surface area contributed by atoms with Crippen LogP contribution < -0.4 is 11.1 Å². The average molecular weight is 592 g/mol. The summed E-state index contributed by atoms with van der Waals surface area (Å²) in [6.45, 7) is 8.27. The van der Waals surface area contributed by atoms with Gasteiger partial charge in [-0.05, 0) is 59.9 Å². The topological polar surface area (TPSA) is 87.4 Å². The lowest BCUT2D eigenvalue weighted by Gasteiger charge is -2.39. The van der Waals surface area contributed by atoms with Gasteiger partial charge in [-0.2, -0.15) is 0 Å². The molecule has 1 aromatic heterocycles. The van der Waals surface area contributed by atoms with Crippen LogP contribution in [0.2, 0.25) is 10.0 Å². The van der Waals surface area contributed by atoms with Gasteiger partial charge in [0.1, 0.15) is 17.7 Å². The van der Waals surface area contributed by atoms with E-state index in [0.717, 1.165) is 53.0 Å². The fourth-order valence-electron chi connectivity index (χ4n) is 5.47. The summed E-state index contributed by atoms with van der Waals surface area (Å²) in [6.07, 6.45) is 0.632. The summed E-state index contributed by atoms with van der Waals surface area (Å²) in [7, 11) is 0. The highest BCUT2D eigenvalue weighted by molar-refractivity contribution is 6.30. The van der Waals surface area contributed by atoms with Crippen LogP contribution in [-0.4, -0.2) is 57.9 Å². The Balaban J connectivity index is 1.33. The zero-order valence-electron chi connectivity index (χ0n) is 23.4. The van der Waals surface area contributed by atoms with Crippen molar-refractivity contribution in [1.29, 1.82) is 0 Å². The highest BCUT2D eigenvalue weighted by atomic mass is 35.5. The van der Waals surface area contributed by atoms with Gasteiger partial charge in [0.05, 0.1) is 18.1 Å². The number of nitrogens with one attached hydrogen (secondary N) is 1. The minimum Gasteiger partial charge on any atom is -0.368 e. The Morgan fingerprint density at radius 2 is 1.46 bits per heavy atom. The monoisotopic (exact) mass is 590 g/mol. The highest BCUT2D eigenvalue weighted by Gasteiger charge is 2.27. The van der Waals surface area contributed by atoms with Crippen molar-refractivity contribution in [2.24, 2.45) is 11.7 Å². The number of para-hydroxylation sites is 1. The molecule has 1 atom stereocenters. The zero-order chi connectivity index (χ0) is 28.9. The van der Waals surface area contributed by atoms with Crippen LogP contribution >= 0.6 is 23.2 Å². The number of primary amides is 1. The molecule has 3 N–H and O–H groups in total.